The highest BCUT2D eigenvalue weighted by Crippen LogP contribution is 2.55. The average Bonchev–Trinajstić information content (AvgIpc) is 2.81. The van der Waals surface area contributed by atoms with Crippen LogP contribution in [0.1, 0.15) is 71.1 Å². The van der Waals surface area contributed by atoms with Crippen molar-refractivity contribution in [3.63, 3.8) is 0 Å². The van der Waals surface area contributed by atoms with Crippen molar-refractivity contribution in [2.24, 2.45) is 17.8 Å². The highest BCUT2D eigenvalue weighted by atomic mass is 16.2. The second-order valence-electron chi connectivity index (χ2n) is 9.44. The lowest BCUT2D eigenvalue weighted by Gasteiger charge is -2.56. The van der Waals surface area contributed by atoms with Gasteiger partial charge in [-0.2, -0.15) is 0 Å². The van der Waals surface area contributed by atoms with E-state index < -0.39 is 0 Å². The van der Waals surface area contributed by atoms with Crippen molar-refractivity contribution in [1.29, 1.82) is 0 Å². The van der Waals surface area contributed by atoms with E-state index >= 15 is 0 Å². The Labute approximate surface area is 151 Å². The zero-order chi connectivity index (χ0) is 17.4. The number of hydrogen-bond donors (Lipinski definition) is 3. The summed E-state index contributed by atoms with van der Waals surface area (Å²) < 4.78 is 0. The number of rotatable bonds is 3. The molecule has 4 bridgehead atoms. The Morgan fingerprint density at radius 3 is 1.96 bits per heavy atom. The second-order valence-corrected chi connectivity index (χ2v) is 9.44. The predicted octanol–water partition coefficient (Wildman–Crippen LogP) is 1.63. The van der Waals surface area contributed by atoms with Gasteiger partial charge in [0.2, 0.25) is 0 Å². The van der Waals surface area contributed by atoms with Gasteiger partial charge in [0.05, 0.1) is 13.1 Å². The van der Waals surface area contributed by atoms with Gasteiger partial charge in [0.25, 0.3) is 5.91 Å². The lowest BCUT2D eigenvalue weighted by Crippen LogP contribution is -3.16. The highest BCUT2D eigenvalue weighted by Gasteiger charge is 2.51. The topological polar surface area (TPSA) is 62.6 Å². The summed E-state index contributed by atoms with van der Waals surface area (Å²) in [7, 11) is 0. The lowest BCUT2D eigenvalue weighted by molar-refractivity contribution is -0.913. The van der Waals surface area contributed by atoms with Crippen LogP contribution in [0.3, 0.4) is 0 Å². The summed E-state index contributed by atoms with van der Waals surface area (Å²) >= 11 is 0. The molecule has 0 aromatic carbocycles. The molecule has 5 aliphatic rings. The Kier molecular flexibility index (Phi) is 4.78. The van der Waals surface area contributed by atoms with Gasteiger partial charge in [0.15, 0.2) is 6.04 Å². The van der Waals surface area contributed by atoms with Crippen molar-refractivity contribution in [2.45, 2.75) is 82.7 Å². The molecule has 4 aliphatic carbocycles. The maximum atomic E-state index is 12.6. The smallest absolute Gasteiger partial charge is 0.322 e. The summed E-state index contributed by atoms with van der Waals surface area (Å²) in [5.74, 6) is 2.27. The first-order valence-electron chi connectivity index (χ1n) is 10.5. The largest absolute Gasteiger partial charge is 0.332 e. The molecule has 3 amide bonds. The summed E-state index contributed by atoms with van der Waals surface area (Å²) in [4.78, 5) is 26.4. The Hall–Kier alpha value is -1.10. The first-order chi connectivity index (χ1) is 12.0. The fourth-order valence-electron chi connectivity index (χ4n) is 6.56. The number of carbonyl (C=O) groups is 2. The molecule has 1 saturated heterocycles. The Bertz CT molecular complexity index is 490. The number of nitrogens with one attached hydrogen (secondary N) is 3. The van der Waals surface area contributed by atoms with E-state index in [2.05, 4.69) is 10.6 Å². The van der Waals surface area contributed by atoms with Crippen molar-refractivity contribution in [3.8, 4) is 0 Å². The van der Waals surface area contributed by atoms with Crippen LogP contribution >= 0.6 is 0 Å². The number of likely N-dealkylation sites (tertiary alicyclic amines) is 1. The van der Waals surface area contributed by atoms with Crippen molar-refractivity contribution in [3.05, 3.63) is 0 Å². The van der Waals surface area contributed by atoms with Crippen molar-refractivity contribution >= 4 is 11.9 Å². The summed E-state index contributed by atoms with van der Waals surface area (Å²) in [6, 6.07) is -0.395. The van der Waals surface area contributed by atoms with E-state index in [-0.39, 0.29) is 23.5 Å². The molecule has 1 atom stereocenters. The normalized spacial score (nSPS) is 38.8. The van der Waals surface area contributed by atoms with E-state index in [1.165, 1.54) is 49.8 Å². The van der Waals surface area contributed by atoms with Gasteiger partial charge < -0.3 is 10.2 Å². The summed E-state index contributed by atoms with van der Waals surface area (Å²) in [5, 5.41) is 5.91. The van der Waals surface area contributed by atoms with Crippen molar-refractivity contribution in [1.82, 2.24) is 10.6 Å². The summed E-state index contributed by atoms with van der Waals surface area (Å²) in [6.07, 6.45) is 12.3. The molecule has 0 radical (unpaired) electrons. The fraction of sp³-hybridized carbons (Fsp3) is 0.900. The first kappa shape index (κ1) is 17.3. The molecule has 3 N–H and O–H groups in total. The molecule has 140 valence electrons. The highest BCUT2D eigenvalue weighted by molar-refractivity contribution is 5.96. The Balaban J connectivity index is 1.32. The third-order valence-corrected chi connectivity index (χ3v) is 7.41. The van der Waals surface area contributed by atoms with Crippen LogP contribution in [0.15, 0.2) is 0 Å². The maximum absolute atomic E-state index is 12.6. The minimum Gasteiger partial charge on any atom is -0.332 e. The summed E-state index contributed by atoms with van der Waals surface area (Å²) in [6.45, 7) is 4.06. The number of imide groups is 1. The zero-order valence-electron chi connectivity index (χ0n) is 15.6. The van der Waals surface area contributed by atoms with Gasteiger partial charge in [0, 0.05) is 5.54 Å². The number of quaternary nitrogens is 1. The third-order valence-electron chi connectivity index (χ3n) is 7.41. The Morgan fingerprint density at radius 1 is 0.920 bits per heavy atom. The monoisotopic (exact) mass is 348 g/mol. The molecule has 0 unspecified atom stereocenters. The van der Waals surface area contributed by atoms with E-state index in [0.29, 0.717) is 0 Å². The molecule has 5 fully saturated rings. The van der Waals surface area contributed by atoms with Gasteiger partial charge in [-0.3, -0.25) is 10.1 Å². The van der Waals surface area contributed by atoms with Crippen molar-refractivity contribution in [2.75, 3.05) is 13.1 Å². The predicted molar refractivity (Wildman–Crippen MR) is 96.2 cm³/mol. The SMILES string of the molecule is C[C@H](C(=O)NC(=O)NC12CC3CC(CC(C3)C1)C2)[NH+]1CCCCCC1. The minimum absolute atomic E-state index is 0.0299. The van der Waals surface area contributed by atoms with Crippen LogP contribution in [0.2, 0.25) is 0 Å². The fourth-order valence-corrected chi connectivity index (χ4v) is 6.56. The molecule has 4 saturated carbocycles. The van der Waals surface area contributed by atoms with Gasteiger partial charge in [-0.1, -0.05) is 0 Å². The van der Waals surface area contributed by atoms with E-state index in [4.69, 9.17) is 0 Å². The van der Waals surface area contributed by atoms with E-state index in [1.807, 2.05) is 6.92 Å². The van der Waals surface area contributed by atoms with Gasteiger partial charge >= 0.3 is 6.03 Å². The molecule has 1 aliphatic heterocycles. The van der Waals surface area contributed by atoms with Crippen LogP contribution in [-0.4, -0.2) is 36.6 Å². The average molecular weight is 349 g/mol. The number of hydrogen-bond acceptors (Lipinski definition) is 2. The third kappa shape index (κ3) is 3.71. The molecular weight excluding hydrogens is 314 g/mol. The molecular formula is C20H34N3O2+. The van der Waals surface area contributed by atoms with Crippen LogP contribution in [0.4, 0.5) is 4.79 Å². The van der Waals surface area contributed by atoms with Crippen LogP contribution in [0, 0.1) is 17.8 Å². The molecule has 1 heterocycles. The van der Waals surface area contributed by atoms with Gasteiger partial charge in [-0.25, -0.2) is 4.79 Å². The first-order valence-corrected chi connectivity index (χ1v) is 10.5. The van der Waals surface area contributed by atoms with Gasteiger partial charge in [0.1, 0.15) is 0 Å². The van der Waals surface area contributed by atoms with Gasteiger partial charge in [-0.05, 0) is 88.9 Å². The van der Waals surface area contributed by atoms with Crippen LogP contribution in [-0.2, 0) is 4.79 Å². The van der Waals surface area contributed by atoms with E-state index in [9.17, 15) is 9.59 Å². The summed E-state index contributed by atoms with van der Waals surface area (Å²) in [5.41, 5.74) is -0.0299. The molecule has 5 nitrogen and oxygen atoms in total. The van der Waals surface area contributed by atoms with Crippen LogP contribution < -0.4 is 15.5 Å². The van der Waals surface area contributed by atoms with E-state index in [1.54, 1.807) is 0 Å². The minimum atomic E-state index is -0.256. The standard InChI is InChI=1S/C20H33N3O2/c1-14(23-6-4-2-3-5-7-23)18(24)21-19(25)22-20-11-15-8-16(12-20)10-17(9-15)13-20/h14-17H,2-13H2,1H3,(H2,21,22,24,25)/p+1/t14-,15?,16?,17?,20?/m1/s1. The molecule has 0 aromatic heterocycles. The van der Waals surface area contributed by atoms with Crippen LogP contribution in [0.25, 0.3) is 0 Å². The van der Waals surface area contributed by atoms with Crippen LogP contribution in [0.5, 0.6) is 0 Å². The quantitative estimate of drug-likeness (QED) is 0.726. The number of amides is 3. The molecule has 0 aromatic rings. The second kappa shape index (κ2) is 6.90. The van der Waals surface area contributed by atoms with E-state index in [0.717, 1.165) is 50.1 Å². The number of urea groups is 1. The molecule has 5 heteroatoms. The number of carbonyl (C=O) groups excluding carboxylic acids is 2. The Morgan fingerprint density at radius 2 is 1.44 bits per heavy atom. The molecule has 0 spiro atoms. The van der Waals surface area contributed by atoms with Gasteiger partial charge in [-0.15, -0.1) is 0 Å². The zero-order valence-corrected chi connectivity index (χ0v) is 15.6. The maximum Gasteiger partial charge on any atom is 0.322 e. The van der Waals surface area contributed by atoms with Crippen molar-refractivity contribution < 1.29 is 14.5 Å². The molecule has 25 heavy (non-hydrogen) atoms. The molecule has 5 rings (SSSR count). The lowest BCUT2D eigenvalue weighted by atomic mass is 9.53.